The lowest BCUT2D eigenvalue weighted by Crippen LogP contribution is -2.32. The largest absolute Gasteiger partial charge is 0.442 e. The van der Waals surface area contributed by atoms with Gasteiger partial charge in [-0.1, -0.05) is 51.8 Å². The first kappa shape index (κ1) is 25.2. The van der Waals surface area contributed by atoms with Crippen LogP contribution in [0.1, 0.15) is 52.6 Å². The van der Waals surface area contributed by atoms with Gasteiger partial charge in [0.2, 0.25) is 10.0 Å². The van der Waals surface area contributed by atoms with Gasteiger partial charge in [0.25, 0.3) is 5.91 Å². The zero-order valence-corrected chi connectivity index (χ0v) is 21.8. The molecule has 0 saturated heterocycles. The molecule has 0 spiro atoms. The van der Waals surface area contributed by atoms with Gasteiger partial charge in [-0.3, -0.25) is 9.10 Å². The molecular formula is C24H30BrN3O4S. The molecule has 1 aliphatic carbocycles. The van der Waals surface area contributed by atoms with Crippen LogP contribution in [0.25, 0.3) is 11.3 Å². The number of nitrogens with one attached hydrogen (secondary N) is 1. The first-order valence-electron chi connectivity index (χ1n) is 10.9. The summed E-state index contributed by atoms with van der Waals surface area (Å²) in [4.78, 5) is 17.5. The van der Waals surface area contributed by atoms with E-state index in [0.29, 0.717) is 35.4 Å². The Balaban J connectivity index is 2.36. The van der Waals surface area contributed by atoms with E-state index in [0.717, 1.165) is 29.5 Å². The Bertz CT molecular complexity index is 1170. The molecule has 1 amide bonds. The standard InChI is InChI=1S/C24H30BrN3O4S/c1-16-6-8-19(9-7-16)22-21(24(29)26-3)13-12-20(18-10-11-18)23(27-17(2)32-22)28(15-5-14-25)33(4,30)31/h6-9,12-13,18H,5,10-11,14-15H2,1-4H3,(H,26,29). The molecule has 178 valence electrons. The molecule has 2 aromatic rings. The number of benzene rings is 1. The molecule has 0 atom stereocenters. The molecule has 9 heteroatoms. The van der Waals surface area contributed by atoms with Gasteiger partial charge in [-0.2, -0.15) is 4.98 Å². The number of rotatable bonds is 8. The van der Waals surface area contributed by atoms with Crippen LogP contribution >= 0.6 is 15.9 Å². The van der Waals surface area contributed by atoms with Crippen molar-refractivity contribution >= 4 is 37.7 Å². The third-order valence-electron chi connectivity index (χ3n) is 5.38. The van der Waals surface area contributed by atoms with E-state index in [1.165, 1.54) is 10.6 Å². The number of sulfonamides is 1. The smallest absolute Gasteiger partial charge is 0.254 e. The quantitative estimate of drug-likeness (QED) is 0.486. The number of carbonyl (C=O) groups excluding carboxylic acids is 1. The fourth-order valence-electron chi connectivity index (χ4n) is 3.54. The molecular weight excluding hydrogens is 506 g/mol. The van der Waals surface area contributed by atoms with Crippen LogP contribution in [0.5, 0.6) is 0 Å². The summed E-state index contributed by atoms with van der Waals surface area (Å²) in [6, 6.07) is 11.2. The Labute approximate surface area is 204 Å². The number of hydrogen-bond acceptors (Lipinski definition) is 5. The maximum Gasteiger partial charge on any atom is 0.254 e. The zero-order chi connectivity index (χ0) is 24.2. The lowest BCUT2D eigenvalue weighted by atomic mass is 10.0. The van der Waals surface area contributed by atoms with Crippen LogP contribution in [-0.2, 0) is 10.0 Å². The van der Waals surface area contributed by atoms with Crippen LogP contribution < -0.4 is 9.62 Å². The van der Waals surface area contributed by atoms with Gasteiger partial charge < -0.3 is 9.73 Å². The van der Waals surface area contributed by atoms with Crippen molar-refractivity contribution in [3.05, 3.63) is 59.0 Å². The maximum absolute atomic E-state index is 12.8. The summed E-state index contributed by atoms with van der Waals surface area (Å²) in [6.45, 7) is 3.95. The summed E-state index contributed by atoms with van der Waals surface area (Å²) in [6.07, 6.45) is 3.70. The second-order valence-corrected chi connectivity index (χ2v) is 10.9. The fourth-order valence-corrected chi connectivity index (χ4v) is 4.71. The molecule has 0 aliphatic heterocycles. The third kappa shape index (κ3) is 6.35. The Morgan fingerprint density at radius 2 is 1.85 bits per heavy atom. The molecule has 1 aliphatic rings. The van der Waals surface area contributed by atoms with Crippen molar-refractivity contribution in [2.24, 2.45) is 0 Å². The number of anilines is 1. The number of nitrogens with zero attached hydrogens (tertiary/aromatic N) is 2. The van der Waals surface area contributed by atoms with E-state index in [9.17, 15) is 13.2 Å². The third-order valence-corrected chi connectivity index (χ3v) is 7.10. The summed E-state index contributed by atoms with van der Waals surface area (Å²) in [5, 5.41) is 3.35. The van der Waals surface area contributed by atoms with Gasteiger partial charge in [-0.25, -0.2) is 8.42 Å². The lowest BCUT2D eigenvalue weighted by molar-refractivity contribution is 0.0962. The van der Waals surface area contributed by atoms with Crippen molar-refractivity contribution < 1.29 is 17.6 Å². The summed E-state index contributed by atoms with van der Waals surface area (Å²) < 4.78 is 32.9. The van der Waals surface area contributed by atoms with Gasteiger partial charge in [0.1, 0.15) is 11.6 Å². The molecule has 1 aromatic carbocycles. The van der Waals surface area contributed by atoms with Crippen molar-refractivity contribution in [1.29, 1.82) is 0 Å². The molecule has 1 heterocycles. The zero-order valence-electron chi connectivity index (χ0n) is 19.4. The average molecular weight is 536 g/mol. The first-order chi connectivity index (χ1) is 15.7. The minimum absolute atomic E-state index is 0.188. The number of hydrogen-bond donors (Lipinski definition) is 1. The van der Waals surface area contributed by atoms with Crippen LogP contribution in [0.3, 0.4) is 0 Å². The number of alkyl halides is 1. The number of aryl methyl sites for hydroxylation is 2. The SMILES string of the molecule is CNC(=O)c1ccc(C2CC2)c(N(CCCBr)S(C)(=O)=O)nc(C)oc1-c1ccc(C)cc1. The first-order valence-corrected chi connectivity index (χ1v) is 13.8. The Hall–Kier alpha value is -2.39. The molecule has 3 rings (SSSR count). The molecule has 1 saturated carbocycles. The maximum atomic E-state index is 12.8. The van der Waals surface area contributed by atoms with Gasteiger partial charge in [-0.15, -0.1) is 0 Å². The van der Waals surface area contributed by atoms with Crippen molar-refractivity contribution in [2.45, 2.75) is 39.0 Å². The van der Waals surface area contributed by atoms with Crippen molar-refractivity contribution in [2.75, 3.05) is 29.5 Å². The molecule has 33 heavy (non-hydrogen) atoms. The van der Waals surface area contributed by atoms with Crippen LogP contribution in [0.15, 0.2) is 40.8 Å². The van der Waals surface area contributed by atoms with Gasteiger partial charge in [-0.05, 0) is 43.7 Å². The number of aromatic nitrogens is 1. The average Bonchev–Trinajstić information content (AvgIpc) is 3.59. The molecule has 0 radical (unpaired) electrons. The summed E-state index contributed by atoms with van der Waals surface area (Å²) in [7, 11) is -2.01. The second kappa shape index (κ2) is 10.7. The van der Waals surface area contributed by atoms with Crippen LogP contribution in [0.2, 0.25) is 0 Å². The van der Waals surface area contributed by atoms with Gasteiger partial charge >= 0.3 is 0 Å². The molecule has 1 aromatic heterocycles. The van der Waals surface area contributed by atoms with Crippen LogP contribution in [-0.4, -0.2) is 44.5 Å². The molecule has 1 fully saturated rings. The predicted octanol–water partition coefficient (Wildman–Crippen LogP) is 4.87. The van der Waals surface area contributed by atoms with Crippen molar-refractivity contribution in [1.82, 2.24) is 10.3 Å². The minimum Gasteiger partial charge on any atom is -0.442 e. The monoisotopic (exact) mass is 535 g/mol. The number of amides is 1. The minimum atomic E-state index is -3.58. The van der Waals surface area contributed by atoms with E-state index in [1.54, 1.807) is 20.0 Å². The summed E-state index contributed by atoms with van der Waals surface area (Å²) >= 11 is 3.38. The Morgan fingerprint density at radius 1 is 1.18 bits per heavy atom. The number of carbonyl (C=O) groups is 1. The summed E-state index contributed by atoms with van der Waals surface area (Å²) in [5.41, 5.74) is 2.96. The van der Waals surface area contributed by atoms with Gasteiger partial charge in [0.15, 0.2) is 5.89 Å². The Morgan fingerprint density at radius 3 is 2.39 bits per heavy atom. The highest BCUT2D eigenvalue weighted by molar-refractivity contribution is 9.09. The molecule has 0 unspecified atom stereocenters. The highest BCUT2D eigenvalue weighted by Crippen LogP contribution is 2.44. The molecule has 1 N–H and O–H groups in total. The van der Waals surface area contributed by atoms with Gasteiger partial charge in [0, 0.05) is 31.4 Å². The molecule has 7 nitrogen and oxygen atoms in total. The van der Waals surface area contributed by atoms with Crippen molar-refractivity contribution in [3.63, 3.8) is 0 Å². The molecule has 0 bridgehead atoms. The van der Waals surface area contributed by atoms with E-state index in [-0.39, 0.29) is 17.7 Å². The lowest BCUT2D eigenvalue weighted by Gasteiger charge is -2.22. The normalized spacial score (nSPS) is 13.4. The van der Waals surface area contributed by atoms with Crippen LogP contribution in [0, 0.1) is 13.8 Å². The van der Waals surface area contributed by atoms with E-state index in [2.05, 4.69) is 26.2 Å². The highest BCUT2D eigenvalue weighted by Gasteiger charge is 2.31. The fraction of sp³-hybridized carbons (Fsp3) is 0.417. The summed E-state index contributed by atoms with van der Waals surface area (Å²) in [5.74, 6) is 0.877. The topological polar surface area (TPSA) is 92.5 Å². The van der Waals surface area contributed by atoms with E-state index >= 15 is 0 Å². The Kier molecular flexibility index (Phi) is 8.18. The van der Waals surface area contributed by atoms with E-state index < -0.39 is 10.0 Å². The van der Waals surface area contributed by atoms with Crippen molar-refractivity contribution in [3.8, 4) is 11.3 Å². The van der Waals surface area contributed by atoms with Crippen LogP contribution in [0.4, 0.5) is 5.82 Å². The van der Waals surface area contributed by atoms with E-state index in [1.807, 2.05) is 37.3 Å². The second-order valence-electron chi connectivity index (χ2n) is 8.19. The highest BCUT2D eigenvalue weighted by atomic mass is 79.9. The number of halogens is 1. The van der Waals surface area contributed by atoms with Gasteiger partial charge in [0.05, 0.1) is 11.8 Å². The van der Waals surface area contributed by atoms with E-state index in [4.69, 9.17) is 4.42 Å². The predicted molar refractivity (Wildman–Crippen MR) is 135 cm³/mol.